The number of aromatic amines is 1. The molecule has 2 N–H and O–H groups in total. The molecule has 5 heteroatoms. The smallest absolute Gasteiger partial charge is 0.223 e. The molecule has 0 spiro atoms. The highest BCUT2D eigenvalue weighted by Crippen LogP contribution is 2.31. The maximum Gasteiger partial charge on any atom is 0.223 e. The molecule has 0 aliphatic heterocycles. The zero-order valence-corrected chi connectivity index (χ0v) is 14.8. The zero-order valence-electron chi connectivity index (χ0n) is 14.8. The molecule has 1 saturated carbocycles. The monoisotopic (exact) mass is 346 g/mol. The van der Waals surface area contributed by atoms with E-state index >= 15 is 0 Å². The van der Waals surface area contributed by atoms with Crippen LogP contribution >= 0.6 is 0 Å². The van der Waals surface area contributed by atoms with Crippen LogP contribution in [-0.2, 0) is 4.79 Å². The number of halogens is 1. The fraction of sp³-hybridized carbons (Fsp3) is 0.550. The van der Waals surface area contributed by atoms with E-state index in [1.165, 1.54) is 12.5 Å². The molecule has 4 nitrogen and oxygen atoms in total. The van der Waals surface area contributed by atoms with Gasteiger partial charge >= 0.3 is 0 Å². The number of carbonyl (C=O) groups excluding carboxylic acids is 1. The van der Waals surface area contributed by atoms with Crippen LogP contribution in [0, 0.1) is 5.82 Å². The second kappa shape index (κ2) is 8.00. The van der Waals surface area contributed by atoms with E-state index in [-0.39, 0.29) is 30.3 Å². The van der Waals surface area contributed by atoms with Crippen molar-refractivity contribution in [2.75, 3.05) is 13.2 Å². The van der Waals surface area contributed by atoms with E-state index < -0.39 is 0 Å². The summed E-state index contributed by atoms with van der Waals surface area (Å²) in [6, 6.07) is 5.21. The van der Waals surface area contributed by atoms with E-state index in [0.29, 0.717) is 18.4 Å². The number of carbonyl (C=O) groups is 1. The number of hydrogen-bond acceptors (Lipinski definition) is 2. The van der Waals surface area contributed by atoms with Gasteiger partial charge in [-0.15, -0.1) is 0 Å². The number of amides is 1. The van der Waals surface area contributed by atoms with Gasteiger partial charge in [-0.25, -0.2) is 4.39 Å². The van der Waals surface area contributed by atoms with Gasteiger partial charge in [0.2, 0.25) is 5.91 Å². The average molecular weight is 346 g/mol. The van der Waals surface area contributed by atoms with E-state index in [2.05, 4.69) is 4.98 Å². The second-order valence-corrected chi connectivity index (χ2v) is 7.11. The summed E-state index contributed by atoms with van der Waals surface area (Å²) in [5.74, 6) is -0.283. The summed E-state index contributed by atoms with van der Waals surface area (Å²) in [7, 11) is 0. The Kier molecular flexibility index (Phi) is 5.74. The van der Waals surface area contributed by atoms with Crippen LogP contribution in [0.5, 0.6) is 0 Å². The Morgan fingerprint density at radius 2 is 2.12 bits per heavy atom. The van der Waals surface area contributed by atoms with Gasteiger partial charge < -0.3 is 15.0 Å². The maximum absolute atomic E-state index is 14.2. The molecule has 1 unspecified atom stereocenters. The summed E-state index contributed by atoms with van der Waals surface area (Å²) < 4.78 is 14.2. The Hall–Kier alpha value is -1.88. The molecule has 1 atom stereocenters. The quantitative estimate of drug-likeness (QED) is 0.832. The number of nitrogens with one attached hydrogen (secondary N) is 1. The fourth-order valence-corrected chi connectivity index (χ4v) is 4.05. The lowest BCUT2D eigenvalue weighted by atomic mass is 9.92. The molecule has 3 rings (SSSR count). The minimum absolute atomic E-state index is 0.0155. The van der Waals surface area contributed by atoms with E-state index in [0.717, 1.165) is 36.8 Å². The van der Waals surface area contributed by atoms with Crippen molar-refractivity contribution in [2.24, 2.45) is 0 Å². The standard InChI is InChI=1S/C20H27FN2O2/c1-14(16-13-22-18-9-5-8-17(21)20(16)18)12-19(25)23(10-11-24)15-6-3-2-4-7-15/h5,8-9,13-15,22,24H,2-4,6-7,10-12H2,1H3. The Morgan fingerprint density at radius 1 is 1.36 bits per heavy atom. The lowest BCUT2D eigenvalue weighted by Gasteiger charge is -2.34. The topological polar surface area (TPSA) is 56.3 Å². The molecule has 136 valence electrons. The molecule has 1 aliphatic carbocycles. The molecule has 1 aliphatic rings. The molecule has 0 radical (unpaired) electrons. The minimum Gasteiger partial charge on any atom is -0.395 e. The largest absolute Gasteiger partial charge is 0.395 e. The summed E-state index contributed by atoms with van der Waals surface area (Å²) in [6.07, 6.45) is 7.68. The molecule has 1 fully saturated rings. The number of H-pyrrole nitrogens is 1. The van der Waals surface area contributed by atoms with Gasteiger partial charge in [-0.3, -0.25) is 4.79 Å². The Morgan fingerprint density at radius 3 is 2.84 bits per heavy atom. The Bertz CT molecular complexity index is 722. The molecule has 25 heavy (non-hydrogen) atoms. The van der Waals surface area contributed by atoms with Crippen molar-refractivity contribution >= 4 is 16.8 Å². The van der Waals surface area contributed by atoms with Gasteiger partial charge in [-0.2, -0.15) is 0 Å². The van der Waals surface area contributed by atoms with Crippen molar-refractivity contribution in [3.8, 4) is 0 Å². The minimum atomic E-state index is -0.257. The summed E-state index contributed by atoms with van der Waals surface area (Å²) in [5, 5.41) is 9.94. The Balaban J connectivity index is 1.75. The normalized spacial score (nSPS) is 16.9. The molecule has 0 saturated heterocycles. The predicted molar refractivity (Wildman–Crippen MR) is 97.0 cm³/mol. The van der Waals surface area contributed by atoms with Crippen LogP contribution in [0.3, 0.4) is 0 Å². The van der Waals surface area contributed by atoms with Crippen LogP contribution in [0.4, 0.5) is 4.39 Å². The molecule has 1 amide bonds. The van der Waals surface area contributed by atoms with Crippen molar-refractivity contribution in [3.63, 3.8) is 0 Å². The molecule has 1 heterocycles. The van der Waals surface area contributed by atoms with Crippen LogP contribution in [0.1, 0.15) is 56.9 Å². The molecular formula is C20H27FN2O2. The van der Waals surface area contributed by atoms with E-state index in [1.54, 1.807) is 6.07 Å². The third-order valence-electron chi connectivity index (χ3n) is 5.37. The van der Waals surface area contributed by atoms with Crippen LogP contribution in [0.25, 0.3) is 10.9 Å². The molecule has 1 aromatic carbocycles. The van der Waals surface area contributed by atoms with Gasteiger partial charge in [0.1, 0.15) is 5.82 Å². The second-order valence-electron chi connectivity index (χ2n) is 7.11. The van der Waals surface area contributed by atoms with E-state index in [9.17, 15) is 14.3 Å². The predicted octanol–water partition coefficient (Wildman–Crippen LogP) is 3.95. The maximum atomic E-state index is 14.2. The van der Waals surface area contributed by atoms with Crippen molar-refractivity contribution in [1.29, 1.82) is 0 Å². The van der Waals surface area contributed by atoms with E-state index in [4.69, 9.17) is 0 Å². The summed E-state index contributed by atoms with van der Waals surface area (Å²) in [4.78, 5) is 17.8. The third-order valence-corrected chi connectivity index (χ3v) is 5.37. The number of nitrogens with zero attached hydrogens (tertiary/aromatic N) is 1. The summed E-state index contributed by atoms with van der Waals surface area (Å²) >= 11 is 0. The first-order chi connectivity index (χ1) is 12.1. The lowest BCUT2D eigenvalue weighted by molar-refractivity contribution is -0.135. The first-order valence-corrected chi connectivity index (χ1v) is 9.27. The fourth-order valence-electron chi connectivity index (χ4n) is 4.05. The van der Waals surface area contributed by atoms with Gasteiger partial charge in [0.15, 0.2) is 0 Å². The van der Waals surface area contributed by atoms with Crippen LogP contribution in [0.2, 0.25) is 0 Å². The van der Waals surface area contributed by atoms with Crippen LogP contribution in [0.15, 0.2) is 24.4 Å². The summed E-state index contributed by atoms with van der Waals surface area (Å²) in [5.41, 5.74) is 1.60. The summed E-state index contributed by atoms with van der Waals surface area (Å²) in [6.45, 7) is 2.34. The van der Waals surface area contributed by atoms with Crippen LogP contribution in [-0.4, -0.2) is 40.1 Å². The third kappa shape index (κ3) is 3.87. The first-order valence-electron chi connectivity index (χ1n) is 9.27. The van der Waals surface area contributed by atoms with E-state index in [1.807, 2.05) is 24.1 Å². The van der Waals surface area contributed by atoms with Crippen molar-refractivity contribution in [2.45, 2.75) is 57.4 Å². The van der Waals surface area contributed by atoms with Gasteiger partial charge in [0, 0.05) is 36.1 Å². The number of hydrogen-bond donors (Lipinski definition) is 2. The SMILES string of the molecule is CC(CC(=O)N(CCO)C1CCCCC1)c1c[nH]c2cccc(F)c12. The lowest BCUT2D eigenvalue weighted by Crippen LogP contribution is -2.43. The highest BCUT2D eigenvalue weighted by Gasteiger charge is 2.27. The van der Waals surface area contributed by atoms with Crippen molar-refractivity contribution in [1.82, 2.24) is 9.88 Å². The van der Waals surface area contributed by atoms with Gasteiger partial charge in [-0.05, 0) is 36.5 Å². The van der Waals surface area contributed by atoms with Crippen LogP contribution < -0.4 is 0 Å². The average Bonchev–Trinajstić information content (AvgIpc) is 3.06. The Labute approximate surface area is 148 Å². The number of aliphatic hydroxyl groups is 1. The molecule has 0 bridgehead atoms. The number of benzene rings is 1. The highest BCUT2D eigenvalue weighted by molar-refractivity contribution is 5.85. The van der Waals surface area contributed by atoms with Gasteiger partial charge in [0.05, 0.1) is 6.61 Å². The van der Waals surface area contributed by atoms with Gasteiger partial charge in [0.25, 0.3) is 0 Å². The number of aromatic nitrogens is 1. The van der Waals surface area contributed by atoms with Crippen molar-refractivity contribution in [3.05, 3.63) is 35.8 Å². The number of fused-ring (bicyclic) bond motifs is 1. The van der Waals surface area contributed by atoms with Gasteiger partial charge in [-0.1, -0.05) is 32.3 Å². The van der Waals surface area contributed by atoms with Crippen molar-refractivity contribution < 1.29 is 14.3 Å². The molecular weight excluding hydrogens is 319 g/mol. The first kappa shape index (κ1) is 17.9. The highest BCUT2D eigenvalue weighted by atomic mass is 19.1. The molecule has 2 aromatic rings. The molecule has 1 aromatic heterocycles. The number of aliphatic hydroxyl groups excluding tert-OH is 1. The number of rotatable bonds is 6. The zero-order chi connectivity index (χ0) is 17.8.